The summed E-state index contributed by atoms with van der Waals surface area (Å²) in [4.78, 5) is 4.43. The summed E-state index contributed by atoms with van der Waals surface area (Å²) in [6, 6.07) is 8.98. The molecule has 0 N–H and O–H groups in total. The van der Waals surface area contributed by atoms with Crippen LogP contribution in [0.25, 0.3) is 5.57 Å². The minimum Gasteiger partial charge on any atom is -0.261 e. The molecule has 0 spiro atoms. The molecule has 0 bridgehead atoms. The monoisotopic (exact) mass is 319 g/mol. The lowest BCUT2D eigenvalue weighted by atomic mass is 9.62. The van der Waals surface area contributed by atoms with Gasteiger partial charge < -0.3 is 0 Å². The lowest BCUT2D eigenvalue weighted by Crippen LogP contribution is -2.34. The first-order chi connectivity index (χ1) is 11.1. The van der Waals surface area contributed by atoms with Crippen LogP contribution in [0.4, 0.5) is 0 Å². The number of rotatable bonds is 2. The number of aryl methyl sites for hydroxylation is 2. The molecule has 1 aromatic carbocycles. The molecule has 0 amide bonds. The fraction of sp³-hybridized carbons (Fsp3) is 0.435. The average Bonchev–Trinajstić information content (AvgIpc) is 2.52. The summed E-state index contributed by atoms with van der Waals surface area (Å²) in [6.07, 6.45) is 4.41. The summed E-state index contributed by atoms with van der Waals surface area (Å²) in [7, 11) is 0. The fourth-order valence-corrected chi connectivity index (χ4v) is 3.85. The van der Waals surface area contributed by atoms with Gasteiger partial charge in [-0.25, -0.2) is 0 Å². The van der Waals surface area contributed by atoms with E-state index < -0.39 is 0 Å². The first-order valence-corrected chi connectivity index (χ1v) is 8.90. The van der Waals surface area contributed by atoms with Crippen molar-refractivity contribution in [1.82, 2.24) is 4.98 Å². The maximum absolute atomic E-state index is 4.43. The van der Waals surface area contributed by atoms with Crippen LogP contribution in [0.1, 0.15) is 74.0 Å². The molecule has 1 heteroatoms. The zero-order chi connectivity index (χ0) is 17.7. The highest BCUT2D eigenvalue weighted by molar-refractivity contribution is 5.80. The van der Waals surface area contributed by atoms with Gasteiger partial charge in [0.05, 0.1) is 0 Å². The molecule has 1 nitrogen and oxygen atoms in total. The van der Waals surface area contributed by atoms with Crippen molar-refractivity contribution < 1.29 is 0 Å². The van der Waals surface area contributed by atoms with Crippen molar-refractivity contribution in [3.8, 4) is 0 Å². The number of pyridine rings is 1. The van der Waals surface area contributed by atoms with E-state index in [1.54, 1.807) is 0 Å². The molecular formula is C23H29N. The summed E-state index contributed by atoms with van der Waals surface area (Å²) < 4.78 is 0. The quantitative estimate of drug-likeness (QED) is 0.651. The number of fused-ring (bicyclic) bond motifs is 1. The van der Waals surface area contributed by atoms with Crippen LogP contribution < -0.4 is 0 Å². The van der Waals surface area contributed by atoms with Crippen molar-refractivity contribution in [2.75, 3.05) is 0 Å². The molecule has 126 valence electrons. The molecule has 1 aliphatic carbocycles. The van der Waals surface area contributed by atoms with Crippen LogP contribution in [0.5, 0.6) is 0 Å². The Morgan fingerprint density at radius 1 is 0.958 bits per heavy atom. The second kappa shape index (κ2) is 5.58. The van der Waals surface area contributed by atoms with E-state index in [-0.39, 0.29) is 10.8 Å². The van der Waals surface area contributed by atoms with E-state index in [9.17, 15) is 0 Å². The molecule has 1 heterocycles. The summed E-state index contributed by atoms with van der Waals surface area (Å²) in [5.74, 6) is 0. The summed E-state index contributed by atoms with van der Waals surface area (Å²) >= 11 is 0. The molecule has 0 atom stereocenters. The largest absolute Gasteiger partial charge is 0.261 e. The molecular weight excluding hydrogens is 290 g/mol. The van der Waals surface area contributed by atoms with E-state index in [0.717, 1.165) is 16.8 Å². The second-order valence-electron chi connectivity index (χ2n) is 8.65. The van der Waals surface area contributed by atoms with Crippen LogP contribution in [-0.4, -0.2) is 4.98 Å². The number of hydrogen-bond acceptors (Lipinski definition) is 1. The van der Waals surface area contributed by atoms with Gasteiger partial charge in [-0.2, -0.15) is 0 Å². The molecule has 0 radical (unpaired) electrons. The summed E-state index contributed by atoms with van der Waals surface area (Å²) in [6.45, 7) is 18.1. The van der Waals surface area contributed by atoms with E-state index in [4.69, 9.17) is 0 Å². The van der Waals surface area contributed by atoms with Crippen molar-refractivity contribution in [2.24, 2.45) is 0 Å². The standard InChI is InChI=1S/C23H29N/c1-15-12-20-21(23(6,7)11-10-22(20,4)5)13-19(15)17(3)18-9-8-16(2)24-14-18/h8-9,12-14H,3,10-11H2,1-2,4-7H3. The highest BCUT2D eigenvalue weighted by Gasteiger charge is 2.37. The minimum atomic E-state index is 0.221. The average molecular weight is 319 g/mol. The van der Waals surface area contributed by atoms with E-state index >= 15 is 0 Å². The van der Waals surface area contributed by atoms with Crippen LogP contribution in [-0.2, 0) is 10.8 Å². The highest BCUT2D eigenvalue weighted by atomic mass is 14.7. The smallest absolute Gasteiger partial charge is 0.0373 e. The lowest BCUT2D eigenvalue weighted by Gasteiger charge is -2.42. The normalized spacial score (nSPS) is 18.1. The van der Waals surface area contributed by atoms with E-state index in [2.05, 4.69) is 70.4 Å². The molecule has 0 unspecified atom stereocenters. The third kappa shape index (κ3) is 2.81. The first-order valence-electron chi connectivity index (χ1n) is 8.90. The van der Waals surface area contributed by atoms with Crippen LogP contribution in [0, 0.1) is 13.8 Å². The maximum atomic E-state index is 4.43. The van der Waals surface area contributed by atoms with Crippen LogP contribution in [0.3, 0.4) is 0 Å². The van der Waals surface area contributed by atoms with Crippen LogP contribution in [0.2, 0.25) is 0 Å². The maximum Gasteiger partial charge on any atom is 0.0373 e. The van der Waals surface area contributed by atoms with Crippen molar-refractivity contribution in [3.05, 3.63) is 70.6 Å². The van der Waals surface area contributed by atoms with Crippen molar-refractivity contribution >= 4 is 5.57 Å². The minimum absolute atomic E-state index is 0.221. The molecule has 0 saturated heterocycles. The second-order valence-corrected chi connectivity index (χ2v) is 8.65. The summed E-state index contributed by atoms with van der Waals surface area (Å²) in [5, 5.41) is 0. The Morgan fingerprint density at radius 3 is 2.08 bits per heavy atom. The van der Waals surface area contributed by atoms with Gasteiger partial charge >= 0.3 is 0 Å². The van der Waals surface area contributed by atoms with Gasteiger partial charge in [0.2, 0.25) is 0 Å². The number of benzene rings is 1. The third-order valence-corrected chi connectivity index (χ3v) is 5.78. The number of hydrogen-bond donors (Lipinski definition) is 0. The Balaban J connectivity index is 2.14. The molecule has 0 aliphatic heterocycles. The van der Waals surface area contributed by atoms with Crippen LogP contribution in [0.15, 0.2) is 37.0 Å². The molecule has 0 saturated carbocycles. The van der Waals surface area contributed by atoms with E-state index in [0.29, 0.717) is 0 Å². The van der Waals surface area contributed by atoms with Gasteiger partial charge in [-0.05, 0) is 71.4 Å². The molecule has 1 aliphatic rings. The SMILES string of the molecule is C=C(c1ccc(C)nc1)c1cc2c(cc1C)C(C)(C)CCC2(C)C. The third-order valence-electron chi connectivity index (χ3n) is 5.78. The van der Waals surface area contributed by atoms with Crippen molar-refractivity contribution in [3.63, 3.8) is 0 Å². The predicted octanol–water partition coefficient (Wildman–Crippen LogP) is 6.11. The topological polar surface area (TPSA) is 12.9 Å². The van der Waals surface area contributed by atoms with Gasteiger partial charge in [-0.1, -0.05) is 52.5 Å². The Labute approximate surface area is 146 Å². The molecule has 2 aromatic rings. The molecule has 3 rings (SSSR count). The molecule has 0 fully saturated rings. The van der Waals surface area contributed by atoms with Gasteiger partial charge in [0.25, 0.3) is 0 Å². The Morgan fingerprint density at radius 2 is 1.54 bits per heavy atom. The van der Waals surface area contributed by atoms with Gasteiger partial charge in [0.15, 0.2) is 0 Å². The van der Waals surface area contributed by atoms with Gasteiger partial charge in [-0.15, -0.1) is 0 Å². The Hall–Kier alpha value is -1.89. The number of aromatic nitrogens is 1. The molecule has 1 aromatic heterocycles. The van der Waals surface area contributed by atoms with Crippen LogP contribution >= 0.6 is 0 Å². The fourth-order valence-electron chi connectivity index (χ4n) is 3.85. The number of nitrogens with zero attached hydrogens (tertiary/aromatic N) is 1. The van der Waals surface area contributed by atoms with Gasteiger partial charge in [-0.3, -0.25) is 4.98 Å². The Bertz CT molecular complexity index is 792. The summed E-state index contributed by atoms with van der Waals surface area (Å²) in [5.41, 5.74) is 9.25. The predicted molar refractivity (Wildman–Crippen MR) is 104 cm³/mol. The lowest BCUT2D eigenvalue weighted by molar-refractivity contribution is 0.331. The van der Waals surface area contributed by atoms with Gasteiger partial charge in [0, 0.05) is 17.5 Å². The van der Waals surface area contributed by atoms with E-state index in [1.807, 2.05) is 13.1 Å². The van der Waals surface area contributed by atoms with Crippen molar-refractivity contribution in [2.45, 2.75) is 65.2 Å². The first kappa shape index (κ1) is 17.0. The van der Waals surface area contributed by atoms with Crippen molar-refractivity contribution in [1.29, 1.82) is 0 Å². The highest BCUT2D eigenvalue weighted by Crippen LogP contribution is 2.47. The zero-order valence-corrected chi connectivity index (χ0v) is 16.0. The molecule has 24 heavy (non-hydrogen) atoms. The van der Waals surface area contributed by atoms with E-state index in [1.165, 1.54) is 35.1 Å². The van der Waals surface area contributed by atoms with Gasteiger partial charge in [0.1, 0.15) is 0 Å². The zero-order valence-electron chi connectivity index (χ0n) is 16.0. The Kier molecular flexibility index (Phi) is 3.94.